The summed E-state index contributed by atoms with van der Waals surface area (Å²) in [6.07, 6.45) is -0.357. The minimum Gasteiger partial charge on any atom is -0.453 e. The molecule has 2 rings (SSSR count). The second-order valence-electron chi connectivity index (χ2n) is 4.43. The number of ether oxygens (including phenoxy) is 1. The summed E-state index contributed by atoms with van der Waals surface area (Å²) in [4.78, 5) is 15.2. The number of rotatable bonds is 1. The van der Waals surface area contributed by atoms with E-state index in [1.807, 2.05) is 13.1 Å². The highest BCUT2D eigenvalue weighted by Gasteiger charge is 2.30. The van der Waals surface area contributed by atoms with Crippen LogP contribution in [0.4, 0.5) is 9.18 Å². The number of hydrogen-bond donors (Lipinski definition) is 0. The number of hydrogen-bond acceptors (Lipinski definition) is 3. The van der Waals surface area contributed by atoms with Crippen LogP contribution >= 0.6 is 0 Å². The summed E-state index contributed by atoms with van der Waals surface area (Å²) in [5.74, 6) is -0.235. The number of nitrogens with zero attached hydrogens (tertiary/aromatic N) is 2. The molecule has 0 N–H and O–H groups in total. The van der Waals surface area contributed by atoms with Crippen LogP contribution in [0.2, 0.25) is 0 Å². The van der Waals surface area contributed by atoms with Gasteiger partial charge in [-0.05, 0) is 13.1 Å². The van der Waals surface area contributed by atoms with Gasteiger partial charge in [-0.2, -0.15) is 0 Å². The molecule has 1 heterocycles. The number of likely N-dealkylation sites (N-methyl/N-ethyl adjacent to an activating group) is 1. The lowest BCUT2D eigenvalue weighted by Gasteiger charge is -2.38. The number of benzene rings is 1. The van der Waals surface area contributed by atoms with Gasteiger partial charge in [0.25, 0.3) is 0 Å². The van der Waals surface area contributed by atoms with Crippen LogP contribution in [0.15, 0.2) is 24.3 Å². The minimum atomic E-state index is -0.357. The van der Waals surface area contributed by atoms with E-state index in [1.165, 1.54) is 13.2 Å². The SMILES string of the molecule is COC(=O)N1CCN(C)C(c2ccccc2F)C1. The molecule has 1 aliphatic rings. The Morgan fingerprint density at radius 1 is 1.39 bits per heavy atom. The maximum atomic E-state index is 13.8. The van der Waals surface area contributed by atoms with Crippen LogP contribution in [0.5, 0.6) is 0 Å². The first kappa shape index (κ1) is 12.8. The largest absolute Gasteiger partial charge is 0.453 e. The van der Waals surface area contributed by atoms with E-state index in [-0.39, 0.29) is 18.0 Å². The van der Waals surface area contributed by atoms with Gasteiger partial charge in [-0.3, -0.25) is 4.90 Å². The normalized spacial score (nSPS) is 20.8. The molecule has 18 heavy (non-hydrogen) atoms. The third kappa shape index (κ3) is 2.46. The van der Waals surface area contributed by atoms with Crippen molar-refractivity contribution in [1.82, 2.24) is 9.80 Å². The zero-order chi connectivity index (χ0) is 13.1. The highest BCUT2D eigenvalue weighted by atomic mass is 19.1. The molecule has 1 aliphatic heterocycles. The third-order valence-corrected chi connectivity index (χ3v) is 3.35. The first-order valence-corrected chi connectivity index (χ1v) is 5.91. The fourth-order valence-corrected chi connectivity index (χ4v) is 2.25. The Labute approximate surface area is 106 Å². The lowest BCUT2D eigenvalue weighted by atomic mass is 10.0. The van der Waals surface area contributed by atoms with Crippen molar-refractivity contribution in [2.45, 2.75) is 6.04 Å². The lowest BCUT2D eigenvalue weighted by molar-refractivity contribution is 0.0709. The van der Waals surface area contributed by atoms with Gasteiger partial charge in [0, 0.05) is 25.2 Å². The highest BCUT2D eigenvalue weighted by molar-refractivity contribution is 5.67. The molecule has 1 amide bonds. The molecule has 0 aromatic heterocycles. The first-order valence-electron chi connectivity index (χ1n) is 5.91. The number of amides is 1. The summed E-state index contributed by atoms with van der Waals surface area (Å²) in [5.41, 5.74) is 0.619. The van der Waals surface area contributed by atoms with Gasteiger partial charge in [0.05, 0.1) is 13.2 Å². The fraction of sp³-hybridized carbons (Fsp3) is 0.462. The van der Waals surface area contributed by atoms with E-state index in [1.54, 1.807) is 17.0 Å². The maximum absolute atomic E-state index is 13.8. The van der Waals surface area contributed by atoms with E-state index < -0.39 is 0 Å². The second-order valence-corrected chi connectivity index (χ2v) is 4.43. The molecule has 1 atom stereocenters. The summed E-state index contributed by atoms with van der Waals surface area (Å²) >= 11 is 0. The summed E-state index contributed by atoms with van der Waals surface area (Å²) in [5, 5.41) is 0. The molecular weight excluding hydrogens is 235 g/mol. The Balaban J connectivity index is 2.20. The van der Waals surface area contributed by atoms with Crippen molar-refractivity contribution in [1.29, 1.82) is 0 Å². The van der Waals surface area contributed by atoms with Crippen LogP contribution in [0.1, 0.15) is 11.6 Å². The van der Waals surface area contributed by atoms with Gasteiger partial charge in [-0.15, -0.1) is 0 Å². The number of halogens is 1. The minimum absolute atomic E-state index is 0.126. The molecule has 4 nitrogen and oxygen atoms in total. The number of carbonyl (C=O) groups is 1. The molecule has 5 heteroatoms. The van der Waals surface area contributed by atoms with Crippen LogP contribution in [-0.4, -0.2) is 49.7 Å². The summed E-state index contributed by atoms with van der Waals surface area (Å²) in [6.45, 7) is 1.76. The topological polar surface area (TPSA) is 32.8 Å². The van der Waals surface area contributed by atoms with Crippen LogP contribution in [-0.2, 0) is 4.74 Å². The average Bonchev–Trinajstić information content (AvgIpc) is 2.39. The van der Waals surface area contributed by atoms with E-state index in [4.69, 9.17) is 4.74 Å². The van der Waals surface area contributed by atoms with Crippen molar-refractivity contribution >= 4 is 6.09 Å². The van der Waals surface area contributed by atoms with E-state index in [2.05, 4.69) is 4.90 Å². The number of piperazine rings is 1. The highest BCUT2D eigenvalue weighted by Crippen LogP contribution is 2.26. The summed E-state index contributed by atoms with van der Waals surface area (Å²) < 4.78 is 18.5. The van der Waals surface area contributed by atoms with Gasteiger partial charge in [0.1, 0.15) is 5.82 Å². The van der Waals surface area contributed by atoms with E-state index in [9.17, 15) is 9.18 Å². The molecule has 1 aromatic carbocycles. The van der Waals surface area contributed by atoms with Gasteiger partial charge in [0.15, 0.2) is 0 Å². The van der Waals surface area contributed by atoms with Crippen molar-refractivity contribution in [2.24, 2.45) is 0 Å². The van der Waals surface area contributed by atoms with Gasteiger partial charge in [-0.25, -0.2) is 9.18 Å². The lowest BCUT2D eigenvalue weighted by Crippen LogP contribution is -2.49. The van der Waals surface area contributed by atoms with Gasteiger partial charge < -0.3 is 9.64 Å². The molecule has 1 fully saturated rings. The average molecular weight is 252 g/mol. The fourth-order valence-electron chi connectivity index (χ4n) is 2.25. The number of carbonyl (C=O) groups excluding carboxylic acids is 1. The zero-order valence-corrected chi connectivity index (χ0v) is 10.6. The molecule has 0 spiro atoms. The zero-order valence-electron chi connectivity index (χ0n) is 10.6. The van der Waals surface area contributed by atoms with E-state index >= 15 is 0 Å². The molecule has 0 aliphatic carbocycles. The molecule has 1 saturated heterocycles. The van der Waals surface area contributed by atoms with E-state index in [0.29, 0.717) is 25.2 Å². The molecule has 1 unspecified atom stereocenters. The van der Waals surface area contributed by atoms with Gasteiger partial charge in [-0.1, -0.05) is 18.2 Å². The molecule has 0 saturated carbocycles. The monoisotopic (exact) mass is 252 g/mol. The Morgan fingerprint density at radius 3 is 2.78 bits per heavy atom. The predicted molar refractivity (Wildman–Crippen MR) is 65.7 cm³/mol. The molecule has 0 bridgehead atoms. The Hall–Kier alpha value is -1.62. The Kier molecular flexibility index (Phi) is 3.81. The number of methoxy groups -OCH3 is 1. The van der Waals surface area contributed by atoms with Gasteiger partial charge in [0.2, 0.25) is 0 Å². The second kappa shape index (κ2) is 5.35. The van der Waals surface area contributed by atoms with Crippen LogP contribution in [0.25, 0.3) is 0 Å². The van der Waals surface area contributed by atoms with Crippen molar-refractivity contribution in [3.63, 3.8) is 0 Å². The summed E-state index contributed by atoms with van der Waals surface area (Å²) in [6, 6.07) is 6.56. The Bertz CT molecular complexity index is 439. The maximum Gasteiger partial charge on any atom is 0.409 e. The van der Waals surface area contributed by atoms with Crippen LogP contribution < -0.4 is 0 Å². The van der Waals surface area contributed by atoms with Crippen molar-refractivity contribution in [3.05, 3.63) is 35.6 Å². The molecular formula is C13H17FN2O2. The Morgan fingerprint density at radius 2 is 2.11 bits per heavy atom. The van der Waals surface area contributed by atoms with Crippen molar-refractivity contribution < 1.29 is 13.9 Å². The van der Waals surface area contributed by atoms with E-state index in [0.717, 1.165) is 0 Å². The predicted octanol–water partition coefficient (Wildman–Crippen LogP) is 1.88. The smallest absolute Gasteiger partial charge is 0.409 e. The van der Waals surface area contributed by atoms with Gasteiger partial charge >= 0.3 is 6.09 Å². The molecule has 0 radical (unpaired) electrons. The standard InChI is InChI=1S/C13H17FN2O2/c1-15-7-8-16(13(17)18-2)9-12(15)10-5-3-4-6-11(10)14/h3-6,12H,7-9H2,1-2H3. The first-order chi connectivity index (χ1) is 8.63. The third-order valence-electron chi connectivity index (χ3n) is 3.35. The quantitative estimate of drug-likeness (QED) is 0.765. The van der Waals surface area contributed by atoms with Crippen molar-refractivity contribution in [3.8, 4) is 0 Å². The van der Waals surface area contributed by atoms with Crippen LogP contribution in [0, 0.1) is 5.82 Å². The van der Waals surface area contributed by atoms with Crippen LogP contribution in [0.3, 0.4) is 0 Å². The molecule has 1 aromatic rings. The van der Waals surface area contributed by atoms with Crippen molar-refractivity contribution in [2.75, 3.05) is 33.8 Å². The summed E-state index contributed by atoms with van der Waals surface area (Å²) in [7, 11) is 3.30. The molecule has 98 valence electrons.